The summed E-state index contributed by atoms with van der Waals surface area (Å²) >= 11 is 0. The minimum Gasteiger partial charge on any atom is -0.497 e. The zero-order chi connectivity index (χ0) is 17.1. The van der Waals surface area contributed by atoms with Crippen LogP contribution in [-0.2, 0) is 6.54 Å². The van der Waals surface area contributed by atoms with E-state index in [1.807, 2.05) is 31.3 Å². The molecule has 2 aromatic heterocycles. The second-order valence-electron chi connectivity index (χ2n) is 5.46. The van der Waals surface area contributed by atoms with Gasteiger partial charge in [0.25, 0.3) is 0 Å². The maximum atomic E-state index is 5.43. The van der Waals surface area contributed by atoms with Gasteiger partial charge in [0.1, 0.15) is 28.9 Å². The Balaban J connectivity index is 1.87. The Morgan fingerprint density at radius 2 is 2.08 bits per heavy atom. The van der Waals surface area contributed by atoms with Gasteiger partial charge in [-0.15, -0.1) is 0 Å². The van der Waals surface area contributed by atoms with Gasteiger partial charge >= 0.3 is 0 Å². The normalized spacial score (nSPS) is 10.6. The molecule has 0 fully saturated rings. The van der Waals surface area contributed by atoms with Crippen molar-refractivity contribution in [3.8, 4) is 11.5 Å². The third kappa shape index (κ3) is 2.90. The molecule has 6 nitrogen and oxygen atoms in total. The molecule has 0 aliphatic carbocycles. The van der Waals surface area contributed by atoms with Gasteiger partial charge < -0.3 is 19.8 Å². The molecule has 0 aliphatic rings. The number of ether oxygens (including phenoxy) is 2. The average molecular weight is 324 g/mol. The monoisotopic (exact) mass is 324 g/mol. The van der Waals surface area contributed by atoms with E-state index in [1.165, 1.54) is 0 Å². The van der Waals surface area contributed by atoms with E-state index in [1.54, 1.807) is 20.5 Å². The molecule has 2 N–H and O–H groups in total. The van der Waals surface area contributed by atoms with Crippen molar-refractivity contribution in [3.63, 3.8) is 0 Å². The van der Waals surface area contributed by atoms with Crippen LogP contribution >= 0.6 is 0 Å². The van der Waals surface area contributed by atoms with Gasteiger partial charge in [-0.25, -0.2) is 9.97 Å². The fraction of sp³-hybridized carbons (Fsp3) is 0.222. The lowest BCUT2D eigenvalue weighted by Crippen LogP contribution is -2.04. The number of benzene rings is 1. The number of hydrogen-bond acceptors (Lipinski definition) is 5. The third-order valence-electron chi connectivity index (χ3n) is 3.86. The second kappa shape index (κ2) is 6.62. The van der Waals surface area contributed by atoms with Crippen LogP contribution in [0.2, 0.25) is 0 Å². The zero-order valence-electron chi connectivity index (χ0n) is 14.0. The Hall–Kier alpha value is -3.02. The van der Waals surface area contributed by atoms with E-state index < -0.39 is 0 Å². The van der Waals surface area contributed by atoms with Crippen molar-refractivity contribution in [3.05, 3.63) is 48.4 Å². The third-order valence-corrected chi connectivity index (χ3v) is 3.86. The SMILES string of the molecule is C=C(C)c1c[nH]c2c(NCc3ccc(OC)cc3OC)ncnc12. The van der Waals surface area contributed by atoms with Crippen molar-refractivity contribution < 1.29 is 9.47 Å². The van der Waals surface area contributed by atoms with Crippen LogP contribution in [0.4, 0.5) is 5.82 Å². The van der Waals surface area contributed by atoms with Crippen LogP contribution < -0.4 is 14.8 Å². The highest BCUT2D eigenvalue weighted by Crippen LogP contribution is 2.28. The van der Waals surface area contributed by atoms with Crippen molar-refractivity contribution in [2.75, 3.05) is 19.5 Å². The van der Waals surface area contributed by atoms with Gasteiger partial charge in [0.15, 0.2) is 5.82 Å². The predicted octanol–water partition coefficient (Wildman–Crippen LogP) is 3.62. The van der Waals surface area contributed by atoms with Gasteiger partial charge in [0.2, 0.25) is 0 Å². The Morgan fingerprint density at radius 3 is 2.79 bits per heavy atom. The van der Waals surface area contributed by atoms with Crippen LogP contribution in [0.5, 0.6) is 11.5 Å². The molecule has 24 heavy (non-hydrogen) atoms. The molecule has 0 spiro atoms. The maximum Gasteiger partial charge on any atom is 0.154 e. The molecule has 1 aromatic carbocycles. The molecule has 2 heterocycles. The van der Waals surface area contributed by atoms with E-state index in [2.05, 4.69) is 26.8 Å². The minimum atomic E-state index is 0.570. The number of rotatable bonds is 6. The molecule has 0 bridgehead atoms. The largest absolute Gasteiger partial charge is 0.497 e. The number of hydrogen-bond donors (Lipinski definition) is 2. The van der Waals surface area contributed by atoms with Gasteiger partial charge in [-0.1, -0.05) is 6.58 Å². The summed E-state index contributed by atoms with van der Waals surface area (Å²) in [7, 11) is 3.28. The zero-order valence-corrected chi connectivity index (χ0v) is 14.0. The summed E-state index contributed by atoms with van der Waals surface area (Å²) < 4.78 is 10.7. The molecule has 0 unspecified atom stereocenters. The summed E-state index contributed by atoms with van der Waals surface area (Å²) in [4.78, 5) is 11.9. The summed E-state index contributed by atoms with van der Waals surface area (Å²) in [5.41, 5.74) is 4.70. The highest BCUT2D eigenvalue weighted by Gasteiger charge is 2.11. The number of H-pyrrole nitrogens is 1. The van der Waals surface area contributed by atoms with Crippen molar-refractivity contribution >= 4 is 22.4 Å². The number of aromatic amines is 1. The summed E-state index contributed by atoms with van der Waals surface area (Å²) in [6.07, 6.45) is 3.46. The van der Waals surface area contributed by atoms with Crippen molar-refractivity contribution in [2.24, 2.45) is 0 Å². The highest BCUT2D eigenvalue weighted by atomic mass is 16.5. The van der Waals surface area contributed by atoms with Crippen LogP contribution in [0.25, 0.3) is 16.6 Å². The number of nitrogens with zero attached hydrogens (tertiary/aromatic N) is 2. The van der Waals surface area contributed by atoms with Crippen LogP contribution in [0.3, 0.4) is 0 Å². The van der Waals surface area contributed by atoms with Crippen LogP contribution in [0, 0.1) is 0 Å². The Bertz CT molecular complexity index is 886. The predicted molar refractivity (Wildman–Crippen MR) is 95.5 cm³/mol. The van der Waals surface area contributed by atoms with Gasteiger partial charge in [-0.3, -0.25) is 0 Å². The lowest BCUT2D eigenvalue weighted by Gasteiger charge is -2.12. The van der Waals surface area contributed by atoms with E-state index in [0.717, 1.165) is 45.1 Å². The molecule has 0 saturated heterocycles. The first-order valence-corrected chi connectivity index (χ1v) is 7.56. The molecule has 0 atom stereocenters. The first kappa shape index (κ1) is 15.9. The first-order chi connectivity index (χ1) is 11.6. The maximum absolute atomic E-state index is 5.43. The molecular formula is C18H20N4O2. The molecule has 0 radical (unpaired) electrons. The van der Waals surface area contributed by atoms with Gasteiger partial charge in [-0.05, 0) is 24.6 Å². The fourth-order valence-corrected chi connectivity index (χ4v) is 2.58. The molecular weight excluding hydrogens is 304 g/mol. The second-order valence-corrected chi connectivity index (χ2v) is 5.46. The number of nitrogens with one attached hydrogen (secondary N) is 2. The van der Waals surface area contributed by atoms with E-state index in [9.17, 15) is 0 Å². The number of allylic oxidation sites excluding steroid dienone is 1. The van der Waals surface area contributed by atoms with Crippen LogP contribution in [-0.4, -0.2) is 29.2 Å². The summed E-state index contributed by atoms with van der Waals surface area (Å²) in [5, 5.41) is 3.34. The minimum absolute atomic E-state index is 0.570. The number of anilines is 1. The lowest BCUT2D eigenvalue weighted by molar-refractivity contribution is 0.391. The fourth-order valence-electron chi connectivity index (χ4n) is 2.58. The van der Waals surface area contributed by atoms with Gasteiger partial charge in [0, 0.05) is 29.9 Å². The van der Waals surface area contributed by atoms with Crippen molar-refractivity contribution in [1.82, 2.24) is 15.0 Å². The average Bonchev–Trinajstić information content (AvgIpc) is 3.04. The number of methoxy groups -OCH3 is 2. The molecule has 3 aromatic rings. The quantitative estimate of drug-likeness (QED) is 0.724. The topological polar surface area (TPSA) is 72.1 Å². The molecule has 6 heteroatoms. The Morgan fingerprint density at radius 1 is 1.25 bits per heavy atom. The standard InChI is InChI=1S/C18H20N4O2/c1-11(2)14-9-19-17-16(14)21-10-22-18(17)20-8-12-5-6-13(23-3)7-15(12)24-4/h5-7,9-10,19H,1,8H2,2-4H3,(H,20,21,22). The first-order valence-electron chi connectivity index (χ1n) is 7.56. The smallest absolute Gasteiger partial charge is 0.154 e. The molecule has 3 rings (SSSR count). The molecule has 124 valence electrons. The molecule has 0 saturated carbocycles. The van der Waals surface area contributed by atoms with Crippen molar-refractivity contribution in [1.29, 1.82) is 0 Å². The summed E-state index contributed by atoms with van der Waals surface area (Å²) in [6.45, 7) is 6.51. The van der Waals surface area contributed by atoms with Gasteiger partial charge in [-0.2, -0.15) is 0 Å². The molecule has 0 aliphatic heterocycles. The van der Waals surface area contributed by atoms with E-state index in [4.69, 9.17) is 9.47 Å². The Labute approximate surface area is 140 Å². The van der Waals surface area contributed by atoms with E-state index in [0.29, 0.717) is 6.54 Å². The van der Waals surface area contributed by atoms with E-state index in [-0.39, 0.29) is 0 Å². The number of aromatic nitrogens is 3. The number of fused-ring (bicyclic) bond motifs is 1. The molecule has 0 amide bonds. The van der Waals surface area contributed by atoms with Crippen LogP contribution in [0.15, 0.2) is 37.3 Å². The van der Waals surface area contributed by atoms with Crippen molar-refractivity contribution in [2.45, 2.75) is 13.5 Å². The lowest BCUT2D eigenvalue weighted by atomic mass is 10.1. The van der Waals surface area contributed by atoms with Crippen LogP contribution in [0.1, 0.15) is 18.1 Å². The highest BCUT2D eigenvalue weighted by molar-refractivity contribution is 5.94. The summed E-state index contributed by atoms with van der Waals surface area (Å²) in [6, 6.07) is 5.74. The van der Waals surface area contributed by atoms with Gasteiger partial charge in [0.05, 0.1) is 14.2 Å². The Kier molecular flexibility index (Phi) is 4.37. The van der Waals surface area contributed by atoms with E-state index >= 15 is 0 Å². The summed E-state index contributed by atoms with van der Waals surface area (Å²) in [5.74, 6) is 2.27.